The highest BCUT2D eigenvalue weighted by Gasteiger charge is 2.10. The van der Waals surface area contributed by atoms with Gasteiger partial charge in [0.2, 0.25) is 5.58 Å². The van der Waals surface area contributed by atoms with E-state index in [0.29, 0.717) is 9.86 Å². The molecule has 12 heavy (non-hydrogen) atoms. The minimum absolute atomic E-state index is 0.0573. The van der Waals surface area contributed by atoms with Crippen molar-refractivity contribution < 1.29 is 13.9 Å². The van der Waals surface area contributed by atoms with Crippen LogP contribution in [0.4, 0.5) is 4.39 Å². The summed E-state index contributed by atoms with van der Waals surface area (Å²) in [5.41, 5.74) is 0.0573. The van der Waals surface area contributed by atoms with Crippen molar-refractivity contribution in [3.05, 3.63) is 22.7 Å². The number of furan rings is 1. The van der Waals surface area contributed by atoms with E-state index in [4.69, 9.17) is 5.11 Å². The molecule has 0 aliphatic carbocycles. The molecular weight excluding hydrogens is 229 g/mol. The van der Waals surface area contributed by atoms with Gasteiger partial charge in [-0.25, -0.2) is 4.98 Å². The van der Waals surface area contributed by atoms with Crippen molar-refractivity contribution in [2.45, 2.75) is 0 Å². The van der Waals surface area contributed by atoms with Gasteiger partial charge < -0.3 is 9.52 Å². The fraction of sp³-hybridized carbons (Fsp3) is 0. The van der Waals surface area contributed by atoms with Gasteiger partial charge in [-0.2, -0.15) is 4.39 Å². The van der Waals surface area contributed by atoms with Gasteiger partial charge in [-0.3, -0.25) is 0 Å². The van der Waals surface area contributed by atoms with E-state index >= 15 is 0 Å². The third-order valence-electron chi connectivity index (χ3n) is 1.46. The fourth-order valence-electron chi connectivity index (χ4n) is 0.950. The molecule has 62 valence electrons. The molecule has 0 atom stereocenters. The molecule has 0 fully saturated rings. The van der Waals surface area contributed by atoms with Crippen LogP contribution >= 0.6 is 15.9 Å². The van der Waals surface area contributed by atoms with Crippen LogP contribution in [-0.4, -0.2) is 10.1 Å². The van der Waals surface area contributed by atoms with E-state index in [0.717, 1.165) is 0 Å². The number of hydrogen-bond acceptors (Lipinski definition) is 3. The van der Waals surface area contributed by atoms with E-state index in [1.54, 1.807) is 0 Å². The maximum atomic E-state index is 12.6. The number of hydrogen-bond donors (Lipinski definition) is 1. The Morgan fingerprint density at radius 2 is 2.33 bits per heavy atom. The predicted octanol–water partition coefficient (Wildman–Crippen LogP) is 2.44. The van der Waals surface area contributed by atoms with Gasteiger partial charge >= 0.3 is 0 Å². The van der Waals surface area contributed by atoms with Crippen LogP contribution in [0.25, 0.3) is 11.0 Å². The van der Waals surface area contributed by atoms with Gasteiger partial charge in [0.1, 0.15) is 0 Å². The summed E-state index contributed by atoms with van der Waals surface area (Å²) >= 11 is 3.14. The number of nitrogens with zero attached hydrogens (tertiary/aromatic N) is 1. The van der Waals surface area contributed by atoms with Crippen molar-refractivity contribution in [3.63, 3.8) is 0 Å². The van der Waals surface area contributed by atoms with Crippen molar-refractivity contribution in [2.75, 3.05) is 0 Å². The molecule has 0 spiro atoms. The molecule has 0 radical (unpaired) electrons. The quantitative estimate of drug-likeness (QED) is 0.758. The molecule has 3 nitrogen and oxygen atoms in total. The second-order valence-electron chi connectivity index (χ2n) is 2.22. The van der Waals surface area contributed by atoms with Gasteiger partial charge in [-0.1, -0.05) is 0 Å². The van der Waals surface area contributed by atoms with Gasteiger partial charge in [0, 0.05) is 22.1 Å². The molecule has 0 aromatic carbocycles. The number of pyridine rings is 1. The van der Waals surface area contributed by atoms with Crippen LogP contribution in [0.1, 0.15) is 0 Å². The summed E-state index contributed by atoms with van der Waals surface area (Å²) < 4.78 is 17.7. The summed E-state index contributed by atoms with van der Waals surface area (Å²) in [4.78, 5) is 3.57. The third kappa shape index (κ3) is 0.972. The number of halogens is 2. The number of aromatic nitrogens is 1. The lowest BCUT2D eigenvalue weighted by Crippen LogP contribution is -1.74. The first kappa shape index (κ1) is 7.54. The Bertz CT molecular complexity index is 401. The van der Waals surface area contributed by atoms with Crippen molar-refractivity contribution in [1.29, 1.82) is 0 Å². The van der Waals surface area contributed by atoms with Gasteiger partial charge in [-0.05, 0) is 15.9 Å². The average molecular weight is 232 g/mol. The molecule has 0 unspecified atom stereocenters. The lowest BCUT2D eigenvalue weighted by Gasteiger charge is -1.92. The third-order valence-corrected chi connectivity index (χ3v) is 2.09. The Hall–Kier alpha value is -1.10. The van der Waals surface area contributed by atoms with E-state index in [2.05, 4.69) is 25.3 Å². The zero-order valence-corrected chi connectivity index (χ0v) is 7.30. The van der Waals surface area contributed by atoms with Crippen LogP contribution < -0.4 is 0 Å². The summed E-state index contributed by atoms with van der Waals surface area (Å²) in [5, 5.41) is 9.59. The van der Waals surface area contributed by atoms with Crippen molar-refractivity contribution in [2.24, 2.45) is 0 Å². The molecule has 2 aromatic rings. The Labute approximate surface area is 75.0 Å². The molecule has 0 amide bonds. The maximum absolute atomic E-state index is 12.6. The first-order valence-electron chi connectivity index (χ1n) is 3.11. The van der Waals surface area contributed by atoms with E-state index in [1.807, 2.05) is 0 Å². The molecule has 0 saturated heterocycles. The van der Waals surface area contributed by atoms with E-state index in [9.17, 15) is 4.39 Å². The van der Waals surface area contributed by atoms with E-state index < -0.39 is 6.01 Å². The smallest absolute Gasteiger partial charge is 0.279 e. The molecule has 0 aliphatic heterocycles. The first-order chi connectivity index (χ1) is 5.68. The van der Waals surface area contributed by atoms with Crippen LogP contribution in [0.15, 0.2) is 21.2 Å². The summed E-state index contributed by atoms with van der Waals surface area (Å²) in [6.45, 7) is 0. The topological polar surface area (TPSA) is 46.3 Å². The van der Waals surface area contributed by atoms with Gasteiger partial charge in [0.15, 0.2) is 0 Å². The fourth-order valence-corrected chi connectivity index (χ4v) is 1.35. The second kappa shape index (κ2) is 2.45. The lowest BCUT2D eigenvalue weighted by molar-refractivity contribution is 0.367. The molecule has 2 heterocycles. The molecule has 0 aliphatic rings. The van der Waals surface area contributed by atoms with Crippen LogP contribution in [0, 0.1) is 6.01 Å². The monoisotopic (exact) mass is 231 g/mol. The highest BCUT2D eigenvalue weighted by molar-refractivity contribution is 9.10. The molecule has 1 N–H and O–H groups in total. The Morgan fingerprint density at radius 3 is 3.00 bits per heavy atom. The SMILES string of the molecule is Oc1ncc(Br)c2cc(F)oc12. The summed E-state index contributed by atoms with van der Waals surface area (Å²) in [6.07, 6.45) is 1.38. The van der Waals surface area contributed by atoms with Crippen LogP contribution in [0.5, 0.6) is 5.88 Å². The highest BCUT2D eigenvalue weighted by atomic mass is 79.9. The summed E-state index contributed by atoms with van der Waals surface area (Å²) in [5.74, 6) is -0.308. The van der Waals surface area contributed by atoms with Crippen molar-refractivity contribution in [3.8, 4) is 5.88 Å². The normalized spacial score (nSPS) is 10.8. The van der Waals surface area contributed by atoms with Gasteiger partial charge in [0.25, 0.3) is 11.9 Å². The zero-order chi connectivity index (χ0) is 8.72. The largest absolute Gasteiger partial charge is 0.491 e. The molecule has 5 heteroatoms. The number of aromatic hydroxyl groups is 1. The van der Waals surface area contributed by atoms with Gasteiger partial charge in [0.05, 0.1) is 0 Å². The lowest BCUT2D eigenvalue weighted by atomic mass is 10.3. The summed E-state index contributed by atoms with van der Waals surface area (Å²) in [6, 6.07) is 0.440. The number of rotatable bonds is 0. The highest BCUT2D eigenvalue weighted by Crippen LogP contribution is 2.30. The maximum Gasteiger partial charge on any atom is 0.279 e. The first-order valence-corrected chi connectivity index (χ1v) is 3.90. The van der Waals surface area contributed by atoms with Crippen LogP contribution in [0.2, 0.25) is 0 Å². The second-order valence-corrected chi connectivity index (χ2v) is 3.08. The average Bonchev–Trinajstić information content (AvgIpc) is 2.41. The molecule has 2 aromatic heterocycles. The number of fused-ring (bicyclic) bond motifs is 1. The predicted molar refractivity (Wildman–Crippen MR) is 43.3 cm³/mol. The molecule has 0 saturated carbocycles. The van der Waals surface area contributed by atoms with Crippen molar-refractivity contribution in [1.82, 2.24) is 4.98 Å². The molecular formula is C7H3BrFNO2. The van der Waals surface area contributed by atoms with Crippen LogP contribution in [-0.2, 0) is 0 Å². The Balaban J connectivity index is 2.93. The minimum Gasteiger partial charge on any atom is -0.491 e. The van der Waals surface area contributed by atoms with E-state index in [-0.39, 0.29) is 11.5 Å². The molecule has 2 rings (SSSR count). The van der Waals surface area contributed by atoms with Crippen LogP contribution in [0.3, 0.4) is 0 Å². The summed E-state index contributed by atoms with van der Waals surface area (Å²) in [7, 11) is 0. The Kier molecular flexibility index (Phi) is 1.54. The minimum atomic E-state index is -0.742. The van der Waals surface area contributed by atoms with Gasteiger partial charge in [-0.15, -0.1) is 0 Å². The van der Waals surface area contributed by atoms with Crippen molar-refractivity contribution >= 4 is 26.9 Å². The standard InChI is InChI=1S/C7H3BrFNO2/c8-4-2-10-7(11)6-3(4)1-5(9)12-6/h1-2H,(H,10,11). The van der Waals surface area contributed by atoms with E-state index in [1.165, 1.54) is 12.3 Å². The molecule has 0 bridgehead atoms. The zero-order valence-electron chi connectivity index (χ0n) is 5.71. The Morgan fingerprint density at radius 1 is 1.58 bits per heavy atom.